The van der Waals surface area contributed by atoms with Gasteiger partial charge in [0.2, 0.25) is 0 Å². The molecule has 38 heavy (non-hydrogen) atoms. The lowest BCUT2D eigenvalue weighted by Crippen LogP contribution is -2.66. The van der Waals surface area contributed by atoms with Crippen LogP contribution in [0.4, 0.5) is 0 Å². The lowest BCUT2D eigenvalue weighted by molar-refractivity contribution is 0.269. The zero-order valence-corrected chi connectivity index (χ0v) is 23.2. The average Bonchev–Trinajstić information content (AvgIpc) is 3.24. The molecule has 0 aliphatic heterocycles. The van der Waals surface area contributed by atoms with Gasteiger partial charge in [-0.25, -0.2) is 4.79 Å². The van der Waals surface area contributed by atoms with Crippen LogP contribution >= 0.6 is 0 Å². The van der Waals surface area contributed by atoms with Gasteiger partial charge >= 0.3 is 5.69 Å². The molecule has 0 atom stereocenters. The molecule has 0 fully saturated rings. The molecule has 194 valence electrons. The summed E-state index contributed by atoms with van der Waals surface area (Å²) in [7, 11) is -2.84. The third kappa shape index (κ3) is 4.25. The fourth-order valence-corrected chi connectivity index (χ4v) is 9.75. The van der Waals surface area contributed by atoms with Crippen LogP contribution in [-0.4, -0.2) is 27.5 Å². The third-order valence-corrected chi connectivity index (χ3v) is 12.1. The quantitative estimate of drug-likeness (QED) is 0.304. The molecular formula is C30H32N4O3Si. The molecule has 0 amide bonds. The lowest BCUT2D eigenvalue weighted by Gasteiger charge is -2.42. The molecule has 3 aromatic carbocycles. The summed E-state index contributed by atoms with van der Waals surface area (Å²) in [6, 6.07) is 29.8. The minimum Gasteiger partial charge on any atom is -0.400 e. The molecule has 7 nitrogen and oxygen atoms in total. The number of nitrogens with zero attached hydrogens (tertiary/aromatic N) is 4. The van der Waals surface area contributed by atoms with E-state index >= 15 is 0 Å². The minimum absolute atomic E-state index is 0.131. The van der Waals surface area contributed by atoms with Crippen molar-refractivity contribution in [2.24, 2.45) is 0 Å². The highest BCUT2D eigenvalue weighted by atomic mass is 28.4. The molecule has 0 bridgehead atoms. The van der Waals surface area contributed by atoms with Crippen LogP contribution in [0.5, 0.6) is 0 Å². The van der Waals surface area contributed by atoms with Crippen LogP contribution < -0.4 is 21.6 Å². The van der Waals surface area contributed by atoms with Crippen LogP contribution in [0.2, 0.25) is 5.04 Å². The Morgan fingerprint density at radius 2 is 1.39 bits per heavy atom. The second kappa shape index (κ2) is 10.0. The van der Waals surface area contributed by atoms with Gasteiger partial charge in [0.15, 0.2) is 5.82 Å². The zero-order valence-electron chi connectivity index (χ0n) is 22.2. The molecule has 0 N–H and O–H groups in total. The van der Waals surface area contributed by atoms with Crippen molar-refractivity contribution >= 4 is 29.5 Å². The van der Waals surface area contributed by atoms with Crippen molar-refractivity contribution in [3.8, 4) is 0 Å². The summed E-state index contributed by atoms with van der Waals surface area (Å²) < 4.78 is 9.85. The van der Waals surface area contributed by atoms with E-state index in [1.165, 1.54) is 4.68 Å². The summed E-state index contributed by atoms with van der Waals surface area (Å²) in [6.07, 6.45) is 1.59. The summed E-state index contributed by atoms with van der Waals surface area (Å²) in [5.41, 5.74) is -0.684. The van der Waals surface area contributed by atoms with E-state index in [0.717, 1.165) is 20.6 Å². The third-order valence-electron chi connectivity index (χ3n) is 7.07. The van der Waals surface area contributed by atoms with Crippen molar-refractivity contribution in [2.45, 2.75) is 45.9 Å². The van der Waals surface area contributed by atoms with Gasteiger partial charge in [0, 0.05) is 18.1 Å². The first-order chi connectivity index (χ1) is 18.3. The van der Waals surface area contributed by atoms with Crippen molar-refractivity contribution in [1.29, 1.82) is 0 Å². The molecule has 2 heterocycles. The molecule has 5 rings (SSSR count). The number of fused-ring (bicyclic) bond motifs is 1. The van der Waals surface area contributed by atoms with Gasteiger partial charge in [0.05, 0.1) is 6.61 Å². The second-order valence-electron chi connectivity index (χ2n) is 10.3. The predicted molar refractivity (Wildman–Crippen MR) is 154 cm³/mol. The van der Waals surface area contributed by atoms with Gasteiger partial charge in [0.25, 0.3) is 13.9 Å². The van der Waals surface area contributed by atoms with E-state index < -0.39 is 8.32 Å². The Kier molecular flexibility index (Phi) is 6.77. The Morgan fingerprint density at radius 3 is 1.97 bits per heavy atom. The van der Waals surface area contributed by atoms with Gasteiger partial charge in [-0.1, -0.05) is 99.6 Å². The minimum atomic E-state index is -2.84. The molecular weight excluding hydrogens is 492 g/mol. The fourth-order valence-electron chi connectivity index (χ4n) is 5.25. The SMILES string of the molecule is CCn1c(CO[Si](c2ccccc2)(c2ccccc2)C(C)(C)C)nn(-n2ccc3ccccc3c2=O)c1=O. The van der Waals surface area contributed by atoms with Crippen LogP contribution in [0, 0.1) is 0 Å². The van der Waals surface area contributed by atoms with E-state index in [2.05, 4.69) is 50.1 Å². The molecule has 0 saturated heterocycles. The van der Waals surface area contributed by atoms with Crippen molar-refractivity contribution < 1.29 is 4.43 Å². The fraction of sp³-hybridized carbons (Fsp3) is 0.233. The second-order valence-corrected chi connectivity index (χ2v) is 14.6. The van der Waals surface area contributed by atoms with Crippen LogP contribution in [0.25, 0.3) is 10.8 Å². The van der Waals surface area contributed by atoms with Gasteiger partial charge in [0.1, 0.15) is 0 Å². The highest BCUT2D eigenvalue weighted by molar-refractivity contribution is 6.99. The summed E-state index contributed by atoms with van der Waals surface area (Å²) in [5, 5.41) is 8.03. The topological polar surface area (TPSA) is 71.0 Å². The summed E-state index contributed by atoms with van der Waals surface area (Å²) >= 11 is 0. The van der Waals surface area contributed by atoms with E-state index in [9.17, 15) is 9.59 Å². The molecule has 0 aliphatic rings. The molecule has 8 heteroatoms. The number of aromatic nitrogens is 4. The van der Waals surface area contributed by atoms with Crippen molar-refractivity contribution in [3.63, 3.8) is 0 Å². The van der Waals surface area contributed by atoms with E-state index in [1.54, 1.807) is 16.8 Å². The lowest BCUT2D eigenvalue weighted by atomic mass is 10.2. The monoisotopic (exact) mass is 524 g/mol. The maximum Gasteiger partial charge on any atom is 0.366 e. The predicted octanol–water partition coefficient (Wildman–Crippen LogP) is 3.77. The number of pyridine rings is 1. The van der Waals surface area contributed by atoms with E-state index in [4.69, 9.17) is 4.43 Å². The van der Waals surface area contributed by atoms with Crippen molar-refractivity contribution in [3.05, 3.63) is 124 Å². The van der Waals surface area contributed by atoms with E-state index in [0.29, 0.717) is 17.8 Å². The Morgan fingerprint density at radius 1 is 0.816 bits per heavy atom. The Balaban J connectivity index is 1.62. The zero-order chi connectivity index (χ0) is 26.9. The first kappa shape index (κ1) is 25.6. The number of hydrogen-bond donors (Lipinski definition) is 0. The summed E-state index contributed by atoms with van der Waals surface area (Å²) in [5.74, 6) is 0.477. The molecule has 0 unspecified atom stereocenters. The number of rotatable bonds is 7. The normalized spacial score (nSPS) is 12.2. The summed E-state index contributed by atoms with van der Waals surface area (Å²) in [6.45, 7) is 9.05. The molecule has 0 spiro atoms. The highest BCUT2D eigenvalue weighted by Gasteiger charge is 2.50. The van der Waals surface area contributed by atoms with Crippen LogP contribution in [-0.2, 0) is 17.6 Å². The highest BCUT2D eigenvalue weighted by Crippen LogP contribution is 2.37. The standard InChI is InChI=1S/C30H32N4O3Si/c1-5-32-27(31-34(29(32)36)33-21-20-23-14-12-13-19-26(23)28(33)35)22-37-38(30(2,3)4,24-15-8-6-9-16-24)25-17-10-7-11-18-25/h6-21H,5,22H2,1-4H3. The maximum absolute atomic E-state index is 13.4. The Labute approximate surface area is 222 Å². The van der Waals surface area contributed by atoms with E-state index in [1.807, 2.05) is 67.6 Å². The van der Waals surface area contributed by atoms with Crippen LogP contribution in [0.3, 0.4) is 0 Å². The van der Waals surface area contributed by atoms with Gasteiger partial charge < -0.3 is 4.43 Å². The first-order valence-corrected chi connectivity index (χ1v) is 14.7. The van der Waals surface area contributed by atoms with E-state index in [-0.39, 0.29) is 22.9 Å². The van der Waals surface area contributed by atoms with Crippen LogP contribution in [0.15, 0.2) is 107 Å². The Bertz CT molecular complexity index is 1640. The molecule has 2 aromatic heterocycles. The number of hydrogen-bond acceptors (Lipinski definition) is 4. The van der Waals surface area contributed by atoms with Gasteiger partial charge in [-0.3, -0.25) is 9.36 Å². The smallest absolute Gasteiger partial charge is 0.366 e. The average molecular weight is 525 g/mol. The first-order valence-electron chi connectivity index (χ1n) is 12.8. The number of benzene rings is 3. The van der Waals surface area contributed by atoms with Gasteiger partial charge in [-0.05, 0) is 39.9 Å². The van der Waals surface area contributed by atoms with Crippen LogP contribution in [0.1, 0.15) is 33.5 Å². The molecule has 0 aliphatic carbocycles. The molecule has 0 saturated carbocycles. The summed E-state index contributed by atoms with van der Waals surface area (Å²) in [4.78, 5) is 27.8. The van der Waals surface area contributed by atoms with Crippen molar-refractivity contribution in [2.75, 3.05) is 0 Å². The van der Waals surface area contributed by atoms with Gasteiger partial charge in [-0.2, -0.15) is 4.68 Å². The molecule has 0 radical (unpaired) electrons. The molecule has 5 aromatic rings. The maximum atomic E-state index is 13.4. The largest absolute Gasteiger partial charge is 0.400 e. The van der Waals surface area contributed by atoms with Crippen molar-refractivity contribution in [1.82, 2.24) is 19.1 Å². The Hall–Kier alpha value is -4.01. The van der Waals surface area contributed by atoms with Gasteiger partial charge in [-0.15, -0.1) is 9.89 Å².